The Hall–Kier alpha value is -1.58. The minimum absolute atomic E-state index is 0.948. The fourth-order valence-electron chi connectivity index (χ4n) is 1.43. The number of nitrogens with one attached hydrogen (secondary N) is 2. The zero-order valence-electron chi connectivity index (χ0n) is 8.89. The van der Waals surface area contributed by atoms with Crippen LogP contribution in [0.15, 0.2) is 0 Å². The second kappa shape index (κ2) is 2.97. The number of hydrogen-bond donors (Lipinski definition) is 2. The normalized spacial score (nSPS) is 10.9. The maximum atomic E-state index is 4.25. The third-order valence-electron chi connectivity index (χ3n) is 2.73. The zero-order valence-corrected chi connectivity index (χ0v) is 8.89. The Labute approximate surface area is 82.7 Å². The van der Waals surface area contributed by atoms with E-state index in [1.807, 2.05) is 13.8 Å². The van der Waals surface area contributed by atoms with Gasteiger partial charge >= 0.3 is 0 Å². The number of H-pyrrole nitrogens is 2. The van der Waals surface area contributed by atoms with Gasteiger partial charge in [0.1, 0.15) is 11.4 Å². The van der Waals surface area contributed by atoms with Crippen LogP contribution < -0.4 is 0 Å². The summed E-state index contributed by atoms with van der Waals surface area (Å²) < 4.78 is 0. The molecule has 0 aromatic carbocycles. The fourth-order valence-corrected chi connectivity index (χ4v) is 1.43. The van der Waals surface area contributed by atoms with E-state index >= 15 is 0 Å². The van der Waals surface area contributed by atoms with Crippen LogP contribution in [0.4, 0.5) is 0 Å². The molecular formula is C10H14N4. The molecule has 0 aliphatic rings. The van der Waals surface area contributed by atoms with Crippen LogP contribution in [-0.4, -0.2) is 20.4 Å². The van der Waals surface area contributed by atoms with Crippen molar-refractivity contribution in [2.24, 2.45) is 0 Å². The summed E-state index contributed by atoms with van der Waals surface area (Å²) in [7, 11) is 0. The van der Waals surface area contributed by atoms with E-state index in [-0.39, 0.29) is 0 Å². The van der Waals surface area contributed by atoms with Crippen LogP contribution in [0.1, 0.15) is 22.5 Å². The molecule has 0 aliphatic carbocycles. The van der Waals surface area contributed by atoms with Crippen molar-refractivity contribution in [3.05, 3.63) is 22.5 Å². The maximum absolute atomic E-state index is 4.25. The van der Waals surface area contributed by atoms with E-state index in [9.17, 15) is 0 Å². The lowest BCUT2D eigenvalue weighted by atomic mass is 10.1. The summed E-state index contributed by atoms with van der Waals surface area (Å²) in [4.78, 5) is 0. The Bertz CT molecular complexity index is 420. The first kappa shape index (κ1) is 8.99. The monoisotopic (exact) mass is 190 g/mol. The second-order valence-corrected chi connectivity index (χ2v) is 3.64. The van der Waals surface area contributed by atoms with Gasteiger partial charge in [-0.15, -0.1) is 0 Å². The lowest BCUT2D eigenvalue weighted by Crippen LogP contribution is -1.84. The summed E-state index contributed by atoms with van der Waals surface area (Å²) in [5.74, 6) is 0. The van der Waals surface area contributed by atoms with Crippen molar-refractivity contribution in [1.29, 1.82) is 0 Å². The summed E-state index contributed by atoms with van der Waals surface area (Å²) in [5.41, 5.74) is 6.42. The van der Waals surface area contributed by atoms with Gasteiger partial charge in [-0.05, 0) is 38.8 Å². The predicted octanol–water partition coefficient (Wildman–Crippen LogP) is 2.03. The molecule has 0 saturated heterocycles. The summed E-state index contributed by atoms with van der Waals surface area (Å²) in [6, 6.07) is 0. The van der Waals surface area contributed by atoms with Gasteiger partial charge in [-0.2, -0.15) is 10.2 Å². The Balaban J connectivity index is 2.60. The number of aromatic nitrogens is 4. The number of nitrogens with zero attached hydrogens (tertiary/aromatic N) is 2. The Kier molecular flexibility index (Phi) is 1.91. The van der Waals surface area contributed by atoms with Crippen LogP contribution in [0.2, 0.25) is 0 Å². The molecule has 0 aliphatic heterocycles. The smallest absolute Gasteiger partial charge is 0.116 e. The van der Waals surface area contributed by atoms with Gasteiger partial charge in [-0.1, -0.05) is 0 Å². The number of aromatic amines is 2. The summed E-state index contributed by atoms with van der Waals surface area (Å²) in [6.07, 6.45) is 0. The molecule has 0 spiro atoms. The number of hydrogen-bond acceptors (Lipinski definition) is 2. The molecule has 0 unspecified atom stereocenters. The van der Waals surface area contributed by atoms with Crippen LogP contribution in [0.3, 0.4) is 0 Å². The van der Waals surface area contributed by atoms with Crippen molar-refractivity contribution in [2.75, 3.05) is 0 Å². The van der Waals surface area contributed by atoms with Gasteiger partial charge in [0.2, 0.25) is 0 Å². The molecule has 0 fully saturated rings. The highest BCUT2D eigenvalue weighted by Gasteiger charge is 2.14. The van der Waals surface area contributed by atoms with E-state index in [0.29, 0.717) is 0 Å². The SMILES string of the molecule is Cc1[nH]nc(-c2n[nH]c(C)c2C)c1C. The highest BCUT2D eigenvalue weighted by Crippen LogP contribution is 2.24. The molecule has 2 aromatic rings. The van der Waals surface area contributed by atoms with E-state index in [2.05, 4.69) is 34.2 Å². The fraction of sp³-hybridized carbons (Fsp3) is 0.400. The van der Waals surface area contributed by atoms with Crippen molar-refractivity contribution in [2.45, 2.75) is 27.7 Å². The standard InChI is InChI=1S/C10H14N4/c1-5-7(3)11-13-9(5)10-6(2)8(4)12-14-10/h1-4H3,(H,11,13)(H,12,14). The topological polar surface area (TPSA) is 57.4 Å². The molecule has 0 amide bonds. The molecule has 4 heteroatoms. The summed E-state index contributed by atoms with van der Waals surface area (Å²) >= 11 is 0. The number of rotatable bonds is 1. The van der Waals surface area contributed by atoms with Crippen LogP contribution in [0.5, 0.6) is 0 Å². The van der Waals surface area contributed by atoms with Gasteiger partial charge < -0.3 is 0 Å². The zero-order chi connectivity index (χ0) is 10.3. The van der Waals surface area contributed by atoms with Crippen molar-refractivity contribution in [1.82, 2.24) is 20.4 Å². The van der Waals surface area contributed by atoms with Crippen LogP contribution in [0, 0.1) is 27.7 Å². The molecule has 0 radical (unpaired) electrons. The molecule has 2 heterocycles. The second-order valence-electron chi connectivity index (χ2n) is 3.64. The lowest BCUT2D eigenvalue weighted by molar-refractivity contribution is 1.02. The molecule has 2 rings (SSSR count). The molecule has 4 nitrogen and oxygen atoms in total. The first-order chi connectivity index (χ1) is 6.61. The molecule has 0 bridgehead atoms. The van der Waals surface area contributed by atoms with E-state index in [0.717, 1.165) is 22.8 Å². The van der Waals surface area contributed by atoms with E-state index in [1.165, 1.54) is 11.1 Å². The molecule has 0 saturated carbocycles. The van der Waals surface area contributed by atoms with E-state index < -0.39 is 0 Å². The average molecular weight is 190 g/mol. The van der Waals surface area contributed by atoms with Gasteiger partial charge in [0.25, 0.3) is 0 Å². The minimum Gasteiger partial charge on any atom is -0.282 e. The van der Waals surface area contributed by atoms with Gasteiger partial charge in [-0.25, -0.2) is 0 Å². The molecule has 74 valence electrons. The van der Waals surface area contributed by atoms with Crippen molar-refractivity contribution in [3.63, 3.8) is 0 Å². The van der Waals surface area contributed by atoms with Crippen molar-refractivity contribution < 1.29 is 0 Å². The van der Waals surface area contributed by atoms with Gasteiger partial charge in [-0.3, -0.25) is 10.2 Å². The third kappa shape index (κ3) is 1.14. The van der Waals surface area contributed by atoms with Gasteiger partial charge in [0.15, 0.2) is 0 Å². The minimum atomic E-state index is 0.948. The highest BCUT2D eigenvalue weighted by molar-refractivity contribution is 5.63. The largest absolute Gasteiger partial charge is 0.282 e. The van der Waals surface area contributed by atoms with Crippen LogP contribution >= 0.6 is 0 Å². The number of aryl methyl sites for hydroxylation is 2. The van der Waals surface area contributed by atoms with Crippen LogP contribution in [-0.2, 0) is 0 Å². The predicted molar refractivity (Wildman–Crippen MR) is 55.1 cm³/mol. The van der Waals surface area contributed by atoms with Crippen LogP contribution in [0.25, 0.3) is 11.4 Å². The quantitative estimate of drug-likeness (QED) is 0.722. The highest BCUT2D eigenvalue weighted by atomic mass is 15.2. The third-order valence-corrected chi connectivity index (χ3v) is 2.73. The molecule has 14 heavy (non-hydrogen) atoms. The molecule has 0 atom stereocenters. The first-order valence-corrected chi connectivity index (χ1v) is 4.64. The summed E-state index contributed by atoms with van der Waals surface area (Å²) in [5, 5.41) is 14.4. The van der Waals surface area contributed by atoms with E-state index in [4.69, 9.17) is 0 Å². The van der Waals surface area contributed by atoms with Gasteiger partial charge in [0.05, 0.1) is 0 Å². The first-order valence-electron chi connectivity index (χ1n) is 4.64. The molecule has 2 N–H and O–H groups in total. The lowest BCUT2D eigenvalue weighted by Gasteiger charge is -1.95. The Morgan fingerprint density at radius 2 is 1.07 bits per heavy atom. The van der Waals surface area contributed by atoms with Crippen molar-refractivity contribution in [3.8, 4) is 11.4 Å². The Morgan fingerprint density at radius 3 is 1.29 bits per heavy atom. The average Bonchev–Trinajstić information content (AvgIpc) is 2.63. The Morgan fingerprint density at radius 1 is 0.714 bits per heavy atom. The van der Waals surface area contributed by atoms with Gasteiger partial charge in [0, 0.05) is 11.4 Å². The summed E-state index contributed by atoms with van der Waals surface area (Å²) in [6.45, 7) is 8.14. The van der Waals surface area contributed by atoms with E-state index in [1.54, 1.807) is 0 Å². The van der Waals surface area contributed by atoms with Crippen molar-refractivity contribution >= 4 is 0 Å². The maximum Gasteiger partial charge on any atom is 0.116 e. The molecular weight excluding hydrogens is 176 g/mol. The molecule has 2 aromatic heterocycles.